The van der Waals surface area contributed by atoms with E-state index in [1.165, 1.54) is 13.8 Å². The minimum atomic E-state index is -1.26. The second-order valence-electron chi connectivity index (χ2n) is 13.5. The molecule has 0 aromatic heterocycles. The van der Waals surface area contributed by atoms with Crippen molar-refractivity contribution in [2.45, 2.75) is 116 Å². The van der Waals surface area contributed by atoms with E-state index >= 15 is 0 Å². The number of carbonyl (C=O) groups excluding carboxylic acids is 6. The first-order valence-corrected chi connectivity index (χ1v) is 17.5. The van der Waals surface area contributed by atoms with Crippen LogP contribution in [0.1, 0.15) is 80.1 Å². The lowest BCUT2D eigenvalue weighted by atomic mass is 10.0. The SMILES string of the molecule is CC(C)C[C@H](NC(=O)[C@H](C)NC(=O)[C@H](C)NC(=O)[C@H](CCCN=C(N)N)NC(=O)[C@H](CCCN=C(N)N)NC(=O)[C@@H](N)CC(C)C)C(=O)NCC(=O)O. The minimum Gasteiger partial charge on any atom is -0.480 e. The summed E-state index contributed by atoms with van der Waals surface area (Å²) in [5.74, 6) is -5.69. The number of hydrogen-bond donors (Lipinski definition) is 12. The molecule has 6 amide bonds. The van der Waals surface area contributed by atoms with Gasteiger partial charge in [-0.2, -0.15) is 0 Å². The van der Waals surface area contributed by atoms with Crippen molar-refractivity contribution in [1.29, 1.82) is 0 Å². The van der Waals surface area contributed by atoms with E-state index in [9.17, 15) is 33.6 Å². The Labute approximate surface area is 310 Å². The van der Waals surface area contributed by atoms with Gasteiger partial charge in [0.2, 0.25) is 35.4 Å². The van der Waals surface area contributed by atoms with Crippen molar-refractivity contribution in [2.24, 2.45) is 50.5 Å². The van der Waals surface area contributed by atoms with Gasteiger partial charge in [0.15, 0.2) is 11.9 Å². The molecule has 0 aliphatic carbocycles. The first kappa shape index (κ1) is 47.8. The third-order valence-corrected chi connectivity index (χ3v) is 7.48. The summed E-state index contributed by atoms with van der Waals surface area (Å²) in [5.41, 5.74) is 27.6. The highest BCUT2D eigenvalue weighted by molar-refractivity contribution is 5.96. The second-order valence-corrected chi connectivity index (χ2v) is 13.5. The van der Waals surface area contributed by atoms with Crippen LogP contribution in [0.25, 0.3) is 0 Å². The molecule has 0 unspecified atom stereocenters. The molecular formula is C32H61N13O8. The van der Waals surface area contributed by atoms with Gasteiger partial charge in [-0.1, -0.05) is 27.7 Å². The van der Waals surface area contributed by atoms with Crippen molar-refractivity contribution < 1.29 is 38.7 Å². The van der Waals surface area contributed by atoms with E-state index < -0.39 is 84.2 Å². The highest BCUT2D eigenvalue weighted by Gasteiger charge is 2.31. The maximum absolute atomic E-state index is 13.5. The molecule has 0 radical (unpaired) electrons. The molecular weight excluding hydrogens is 694 g/mol. The topological polar surface area (TPSA) is 367 Å². The Bertz CT molecular complexity index is 1300. The predicted octanol–water partition coefficient (Wildman–Crippen LogP) is -3.82. The van der Waals surface area contributed by atoms with E-state index in [-0.39, 0.29) is 62.5 Å². The predicted molar refractivity (Wildman–Crippen MR) is 198 cm³/mol. The van der Waals surface area contributed by atoms with Crippen molar-refractivity contribution in [3.8, 4) is 0 Å². The highest BCUT2D eigenvalue weighted by atomic mass is 16.4. The second kappa shape index (κ2) is 24.9. The lowest BCUT2D eigenvalue weighted by molar-refractivity contribution is -0.138. The first-order chi connectivity index (χ1) is 24.6. The summed E-state index contributed by atoms with van der Waals surface area (Å²) < 4.78 is 0. The highest BCUT2D eigenvalue weighted by Crippen LogP contribution is 2.08. The number of aliphatic carboxylic acids is 1. The van der Waals surface area contributed by atoms with Crippen LogP contribution in [-0.4, -0.2) is 114 Å². The molecule has 0 heterocycles. The Morgan fingerprint density at radius 3 is 1.38 bits per heavy atom. The summed E-state index contributed by atoms with van der Waals surface area (Å²) in [5, 5.41) is 23.9. The molecule has 0 aliphatic heterocycles. The molecule has 0 rings (SSSR count). The van der Waals surface area contributed by atoms with Crippen molar-refractivity contribution in [2.75, 3.05) is 19.6 Å². The Morgan fingerprint density at radius 1 is 0.547 bits per heavy atom. The number of carboxylic acid groups (broad SMARTS) is 1. The van der Waals surface area contributed by atoms with E-state index in [2.05, 4.69) is 41.9 Å². The molecule has 0 aromatic carbocycles. The number of nitrogens with one attached hydrogen (secondary N) is 6. The van der Waals surface area contributed by atoms with Crippen LogP contribution in [-0.2, 0) is 33.6 Å². The largest absolute Gasteiger partial charge is 0.480 e. The van der Waals surface area contributed by atoms with Gasteiger partial charge < -0.3 is 65.7 Å². The number of hydrogen-bond acceptors (Lipinski definition) is 10. The summed E-state index contributed by atoms with van der Waals surface area (Å²) in [6.07, 6.45) is 1.24. The van der Waals surface area contributed by atoms with Gasteiger partial charge in [0.25, 0.3) is 0 Å². The van der Waals surface area contributed by atoms with E-state index in [1.54, 1.807) is 0 Å². The van der Waals surface area contributed by atoms with E-state index in [0.29, 0.717) is 12.8 Å². The maximum atomic E-state index is 13.5. The molecule has 21 heteroatoms. The zero-order valence-corrected chi connectivity index (χ0v) is 31.6. The van der Waals surface area contributed by atoms with Crippen molar-refractivity contribution >= 4 is 53.3 Å². The standard InChI is InChI=1S/C32H61N13O8/c1-16(2)13-20(33)27(50)43-22(10-8-12-39-32(36)37)30(53)44-21(9-7-11-38-31(34)35)29(52)42-18(5)25(48)41-19(6)26(49)45-23(14-17(3)4)28(51)40-15-24(46)47/h16-23H,7-15,33H2,1-6H3,(H,40,51)(H,41,48)(H,42,52)(H,43,50)(H,44,53)(H,45,49)(H,46,47)(H4,34,35,38)(H4,36,37,39)/t18-,19-,20-,21-,22-,23-/m0/s1. The lowest BCUT2D eigenvalue weighted by Crippen LogP contribution is -2.58. The number of carboxylic acids is 1. The van der Waals surface area contributed by atoms with Gasteiger partial charge in [0.1, 0.15) is 36.8 Å². The zero-order chi connectivity index (χ0) is 40.8. The van der Waals surface area contributed by atoms with Crippen LogP contribution in [0.3, 0.4) is 0 Å². The minimum absolute atomic E-state index is 0.0320. The van der Waals surface area contributed by atoms with Crippen LogP contribution in [0.4, 0.5) is 0 Å². The van der Waals surface area contributed by atoms with E-state index in [0.717, 1.165) is 0 Å². The summed E-state index contributed by atoms with van der Waals surface area (Å²) in [6.45, 7) is 9.79. The molecule has 0 aliphatic rings. The fourth-order valence-electron chi connectivity index (χ4n) is 4.78. The van der Waals surface area contributed by atoms with E-state index in [4.69, 9.17) is 33.8 Å². The molecule has 0 bridgehead atoms. The van der Waals surface area contributed by atoms with Gasteiger partial charge in [0.05, 0.1) is 6.04 Å². The van der Waals surface area contributed by atoms with Crippen LogP contribution < -0.4 is 60.6 Å². The summed E-state index contributed by atoms with van der Waals surface area (Å²) >= 11 is 0. The molecule has 0 fully saturated rings. The molecule has 17 N–H and O–H groups in total. The number of aliphatic imine (C=N–C) groups is 2. The molecule has 53 heavy (non-hydrogen) atoms. The quantitative estimate of drug-likeness (QED) is 0.0242. The van der Waals surface area contributed by atoms with Gasteiger partial charge >= 0.3 is 5.97 Å². The van der Waals surface area contributed by atoms with Crippen LogP contribution in [0.2, 0.25) is 0 Å². The van der Waals surface area contributed by atoms with Crippen LogP contribution in [0, 0.1) is 11.8 Å². The van der Waals surface area contributed by atoms with Crippen molar-refractivity contribution in [3.63, 3.8) is 0 Å². The fraction of sp³-hybridized carbons (Fsp3) is 0.719. The molecule has 0 saturated heterocycles. The van der Waals surface area contributed by atoms with Crippen molar-refractivity contribution in [3.05, 3.63) is 0 Å². The first-order valence-electron chi connectivity index (χ1n) is 17.5. The number of amides is 6. The van der Waals surface area contributed by atoms with Crippen LogP contribution in [0.5, 0.6) is 0 Å². The monoisotopic (exact) mass is 755 g/mol. The number of rotatable bonds is 25. The Morgan fingerprint density at radius 2 is 0.943 bits per heavy atom. The Balaban J connectivity index is 5.85. The normalized spacial score (nSPS) is 14.3. The Hall–Kier alpha value is -5.21. The number of nitrogens with zero attached hydrogens (tertiary/aromatic N) is 2. The Kier molecular flexibility index (Phi) is 22.4. The number of nitrogens with two attached hydrogens (primary N) is 5. The third-order valence-electron chi connectivity index (χ3n) is 7.48. The number of guanidine groups is 2. The van der Waals surface area contributed by atoms with Gasteiger partial charge in [-0.25, -0.2) is 0 Å². The van der Waals surface area contributed by atoms with E-state index in [1.807, 2.05) is 27.7 Å². The molecule has 21 nitrogen and oxygen atoms in total. The summed E-state index contributed by atoms with van der Waals surface area (Å²) in [4.78, 5) is 97.0. The van der Waals surface area contributed by atoms with Gasteiger partial charge in [0, 0.05) is 13.1 Å². The van der Waals surface area contributed by atoms with Crippen LogP contribution in [0.15, 0.2) is 9.98 Å². The molecule has 0 aromatic rings. The van der Waals surface area contributed by atoms with Crippen LogP contribution >= 0.6 is 0 Å². The van der Waals surface area contributed by atoms with Gasteiger partial charge in [-0.3, -0.25) is 43.5 Å². The third kappa shape index (κ3) is 21.7. The zero-order valence-electron chi connectivity index (χ0n) is 31.6. The summed E-state index contributed by atoms with van der Waals surface area (Å²) in [6, 6.07) is -6.65. The molecule has 0 saturated carbocycles. The van der Waals surface area contributed by atoms with Gasteiger partial charge in [-0.15, -0.1) is 0 Å². The fourth-order valence-corrected chi connectivity index (χ4v) is 4.78. The molecule has 0 spiro atoms. The average molecular weight is 756 g/mol. The smallest absolute Gasteiger partial charge is 0.322 e. The maximum Gasteiger partial charge on any atom is 0.322 e. The molecule has 302 valence electrons. The lowest BCUT2D eigenvalue weighted by Gasteiger charge is -2.26. The molecule has 6 atom stereocenters. The summed E-state index contributed by atoms with van der Waals surface area (Å²) in [7, 11) is 0. The van der Waals surface area contributed by atoms with Gasteiger partial charge in [-0.05, 0) is 64.2 Å². The average Bonchev–Trinajstić information content (AvgIpc) is 3.04. The van der Waals surface area contributed by atoms with Crippen molar-refractivity contribution in [1.82, 2.24) is 31.9 Å². The number of carbonyl (C=O) groups is 7.